The predicted octanol–water partition coefficient (Wildman–Crippen LogP) is 1.92. The molecule has 1 fully saturated rings. The van der Waals surface area contributed by atoms with E-state index >= 15 is 0 Å². The van der Waals surface area contributed by atoms with Crippen LogP contribution in [0, 0.1) is 10.1 Å². The van der Waals surface area contributed by atoms with E-state index in [0.717, 1.165) is 0 Å². The standard InChI is InChI=1S/C18H13N3O6/c22-16-14(17(23)20-18(24)19-16)9-12-5-1-2-7-15(12)27-10-11-4-3-6-13(8-11)21(25)26/h1-9H,10H2,(H2,19,20,22,23,24). The van der Waals surface area contributed by atoms with Gasteiger partial charge in [-0.25, -0.2) is 4.79 Å². The molecule has 0 bridgehead atoms. The molecule has 2 aromatic rings. The van der Waals surface area contributed by atoms with Crippen LogP contribution >= 0.6 is 0 Å². The van der Waals surface area contributed by atoms with Crippen LogP contribution in [0.4, 0.5) is 10.5 Å². The third-order valence-electron chi connectivity index (χ3n) is 3.68. The second kappa shape index (κ2) is 7.48. The minimum Gasteiger partial charge on any atom is -0.488 e. The van der Waals surface area contributed by atoms with Crippen molar-refractivity contribution in [3.63, 3.8) is 0 Å². The summed E-state index contributed by atoms with van der Waals surface area (Å²) in [5, 5.41) is 14.8. The molecule has 136 valence electrons. The summed E-state index contributed by atoms with van der Waals surface area (Å²) in [6.45, 7) is 0.0543. The molecular weight excluding hydrogens is 354 g/mol. The van der Waals surface area contributed by atoms with Gasteiger partial charge in [0.15, 0.2) is 0 Å². The molecule has 3 rings (SSSR count). The van der Waals surface area contributed by atoms with Crippen molar-refractivity contribution in [3.05, 3.63) is 75.3 Å². The average Bonchev–Trinajstić information content (AvgIpc) is 2.64. The van der Waals surface area contributed by atoms with E-state index < -0.39 is 22.8 Å². The van der Waals surface area contributed by atoms with E-state index in [9.17, 15) is 24.5 Å². The monoisotopic (exact) mass is 367 g/mol. The lowest BCUT2D eigenvalue weighted by molar-refractivity contribution is -0.384. The lowest BCUT2D eigenvalue weighted by Gasteiger charge is -2.15. The number of non-ortho nitro benzene ring substituents is 1. The third-order valence-corrected chi connectivity index (χ3v) is 3.68. The molecule has 0 spiro atoms. The smallest absolute Gasteiger partial charge is 0.328 e. The molecule has 9 nitrogen and oxygen atoms in total. The highest BCUT2D eigenvalue weighted by molar-refractivity contribution is 6.31. The van der Waals surface area contributed by atoms with Crippen LogP contribution in [-0.2, 0) is 16.2 Å². The molecule has 0 radical (unpaired) electrons. The van der Waals surface area contributed by atoms with Crippen LogP contribution in [-0.4, -0.2) is 22.8 Å². The summed E-state index contributed by atoms with van der Waals surface area (Å²) >= 11 is 0. The molecule has 9 heteroatoms. The van der Waals surface area contributed by atoms with Crippen LogP contribution in [0.1, 0.15) is 11.1 Å². The number of carbonyl (C=O) groups excluding carboxylic acids is 3. The first-order valence-corrected chi connectivity index (χ1v) is 7.77. The van der Waals surface area contributed by atoms with E-state index in [1.54, 1.807) is 36.4 Å². The molecule has 1 aliphatic heterocycles. The van der Waals surface area contributed by atoms with E-state index in [4.69, 9.17) is 4.74 Å². The molecule has 1 aliphatic rings. The van der Waals surface area contributed by atoms with Crippen LogP contribution < -0.4 is 15.4 Å². The van der Waals surface area contributed by atoms with Crippen molar-refractivity contribution in [1.29, 1.82) is 0 Å². The van der Waals surface area contributed by atoms with Crippen molar-refractivity contribution in [2.75, 3.05) is 0 Å². The highest BCUT2D eigenvalue weighted by atomic mass is 16.6. The van der Waals surface area contributed by atoms with Gasteiger partial charge in [-0.1, -0.05) is 30.3 Å². The van der Waals surface area contributed by atoms with E-state index in [1.807, 2.05) is 10.6 Å². The van der Waals surface area contributed by atoms with Crippen molar-refractivity contribution >= 4 is 29.6 Å². The van der Waals surface area contributed by atoms with Crippen LogP contribution in [0.15, 0.2) is 54.1 Å². The maximum atomic E-state index is 11.8. The van der Waals surface area contributed by atoms with Crippen molar-refractivity contribution in [3.8, 4) is 5.75 Å². The molecule has 2 aromatic carbocycles. The van der Waals surface area contributed by atoms with Gasteiger partial charge in [-0.2, -0.15) is 0 Å². The number of amides is 4. The number of ether oxygens (including phenoxy) is 1. The highest BCUT2D eigenvalue weighted by Crippen LogP contribution is 2.23. The molecule has 27 heavy (non-hydrogen) atoms. The van der Waals surface area contributed by atoms with Gasteiger partial charge in [-0.15, -0.1) is 0 Å². The molecule has 2 N–H and O–H groups in total. The molecular formula is C18H13N3O6. The summed E-state index contributed by atoms with van der Waals surface area (Å²) < 4.78 is 5.69. The summed E-state index contributed by atoms with van der Waals surface area (Å²) in [5.41, 5.74) is 0.746. The number of para-hydroxylation sites is 1. The van der Waals surface area contributed by atoms with E-state index in [2.05, 4.69) is 0 Å². The highest BCUT2D eigenvalue weighted by Gasteiger charge is 2.27. The number of rotatable bonds is 5. The van der Waals surface area contributed by atoms with Crippen LogP contribution in [0.5, 0.6) is 5.75 Å². The first kappa shape index (κ1) is 17.8. The number of hydrogen-bond acceptors (Lipinski definition) is 6. The summed E-state index contributed by atoms with van der Waals surface area (Å²) in [6, 6.07) is 11.8. The number of nitro groups is 1. The van der Waals surface area contributed by atoms with Gasteiger partial charge in [0.05, 0.1) is 4.92 Å². The first-order valence-electron chi connectivity index (χ1n) is 7.77. The van der Waals surface area contributed by atoms with Crippen LogP contribution in [0.3, 0.4) is 0 Å². The Balaban J connectivity index is 1.82. The second-order valence-electron chi connectivity index (χ2n) is 5.55. The zero-order chi connectivity index (χ0) is 19.4. The molecule has 0 unspecified atom stereocenters. The molecule has 0 saturated carbocycles. The molecule has 4 amide bonds. The van der Waals surface area contributed by atoms with Crippen molar-refractivity contribution in [2.24, 2.45) is 0 Å². The van der Waals surface area contributed by atoms with Crippen molar-refractivity contribution < 1.29 is 24.0 Å². The predicted molar refractivity (Wildman–Crippen MR) is 93.5 cm³/mol. The molecule has 1 saturated heterocycles. The zero-order valence-electron chi connectivity index (χ0n) is 13.8. The Labute approximate surface area is 152 Å². The quantitative estimate of drug-likeness (QED) is 0.360. The first-order chi connectivity index (χ1) is 12.9. The number of hydrogen-bond donors (Lipinski definition) is 2. The van der Waals surface area contributed by atoms with Crippen molar-refractivity contribution in [2.45, 2.75) is 6.61 Å². The summed E-state index contributed by atoms with van der Waals surface area (Å²) in [7, 11) is 0. The second-order valence-corrected chi connectivity index (χ2v) is 5.55. The van der Waals surface area contributed by atoms with Gasteiger partial charge in [0.1, 0.15) is 17.9 Å². The van der Waals surface area contributed by atoms with Gasteiger partial charge in [-0.05, 0) is 17.7 Å². The Morgan fingerprint density at radius 3 is 2.41 bits per heavy atom. The average molecular weight is 367 g/mol. The van der Waals surface area contributed by atoms with E-state index in [-0.39, 0.29) is 17.9 Å². The summed E-state index contributed by atoms with van der Waals surface area (Å²) in [5.74, 6) is -1.25. The van der Waals surface area contributed by atoms with Gasteiger partial charge in [0.2, 0.25) is 0 Å². The SMILES string of the molecule is O=C1NC(=O)C(=Cc2ccccc2OCc2cccc([N+](=O)[O-])c2)C(=O)N1. The Bertz CT molecular complexity index is 961. The fourth-order valence-corrected chi connectivity index (χ4v) is 2.41. The third kappa shape index (κ3) is 4.15. The van der Waals surface area contributed by atoms with Crippen molar-refractivity contribution in [1.82, 2.24) is 10.6 Å². The van der Waals surface area contributed by atoms with Gasteiger partial charge in [0, 0.05) is 17.7 Å². The number of imide groups is 2. The molecule has 0 aliphatic carbocycles. The minimum absolute atomic E-state index is 0.0493. The fourth-order valence-electron chi connectivity index (χ4n) is 2.41. The Morgan fingerprint density at radius 2 is 1.70 bits per heavy atom. The lowest BCUT2D eigenvalue weighted by Crippen LogP contribution is -2.51. The van der Waals surface area contributed by atoms with E-state index in [1.165, 1.54) is 18.2 Å². The zero-order valence-corrected chi connectivity index (χ0v) is 13.8. The fraction of sp³-hybridized carbons (Fsp3) is 0.0556. The van der Waals surface area contributed by atoms with Gasteiger partial charge >= 0.3 is 6.03 Å². The minimum atomic E-state index is -0.877. The number of nitrogens with zero attached hydrogens (tertiary/aromatic N) is 1. The normalized spacial score (nSPS) is 13.6. The van der Waals surface area contributed by atoms with Gasteiger partial charge < -0.3 is 4.74 Å². The Kier molecular flexibility index (Phi) is 4.93. The lowest BCUT2D eigenvalue weighted by atomic mass is 10.1. The number of nitro benzene ring substituents is 1. The number of barbiturate groups is 1. The Morgan fingerprint density at radius 1 is 1.00 bits per heavy atom. The number of benzene rings is 2. The van der Waals surface area contributed by atoms with Gasteiger partial charge in [0.25, 0.3) is 17.5 Å². The summed E-state index contributed by atoms with van der Waals surface area (Å²) in [4.78, 5) is 45.2. The number of nitrogens with one attached hydrogen (secondary N) is 2. The van der Waals surface area contributed by atoms with Crippen LogP contribution in [0.2, 0.25) is 0 Å². The largest absolute Gasteiger partial charge is 0.488 e. The van der Waals surface area contributed by atoms with Gasteiger partial charge in [-0.3, -0.25) is 30.3 Å². The van der Waals surface area contributed by atoms with Crippen LogP contribution in [0.25, 0.3) is 6.08 Å². The van der Waals surface area contributed by atoms with E-state index in [0.29, 0.717) is 16.9 Å². The number of carbonyl (C=O) groups is 3. The molecule has 0 atom stereocenters. The topological polar surface area (TPSA) is 128 Å². The maximum absolute atomic E-state index is 11.8. The molecule has 1 heterocycles. The Hall–Kier alpha value is -4.01. The number of urea groups is 1. The maximum Gasteiger partial charge on any atom is 0.328 e. The summed E-state index contributed by atoms with van der Waals surface area (Å²) in [6.07, 6.45) is 1.31. The molecule has 0 aromatic heterocycles.